The predicted octanol–water partition coefficient (Wildman–Crippen LogP) is 1.87. The Morgan fingerprint density at radius 2 is 1.56 bits per heavy atom. The van der Waals surface area contributed by atoms with E-state index in [-0.39, 0.29) is 0 Å². The van der Waals surface area contributed by atoms with Crippen LogP contribution < -0.4 is 0 Å². The first-order valence-electron chi connectivity index (χ1n) is 2.56. The van der Waals surface area contributed by atoms with E-state index in [1.54, 1.807) is 15.9 Å². The summed E-state index contributed by atoms with van der Waals surface area (Å²) < 4.78 is 8.06. The van der Waals surface area contributed by atoms with Gasteiger partial charge in [-0.3, -0.25) is 0 Å². The molecule has 0 aromatic heterocycles. The van der Waals surface area contributed by atoms with Crippen LogP contribution in [0.4, 0.5) is 0 Å². The molecule has 0 atom stereocenters. The molecule has 0 aliphatic heterocycles. The maximum atomic E-state index is 8.06. The van der Waals surface area contributed by atoms with Crippen LogP contribution in [0.25, 0.3) is 0 Å². The Kier molecular flexibility index (Phi) is 5.38. The standard InChI is InChI=1S/C7H8.Mn.O/c1-7-5-3-2-4-6-7;;/h2-6H,1H3;;. The van der Waals surface area contributed by atoms with Crippen molar-refractivity contribution in [1.82, 2.24) is 0 Å². The zero-order valence-electron chi connectivity index (χ0n) is 5.17. The van der Waals surface area contributed by atoms with Crippen LogP contribution in [-0.4, -0.2) is 0 Å². The van der Waals surface area contributed by atoms with E-state index < -0.39 is 0 Å². The van der Waals surface area contributed by atoms with Gasteiger partial charge in [-0.15, -0.1) is 0 Å². The summed E-state index contributed by atoms with van der Waals surface area (Å²) in [5.41, 5.74) is 1.32. The summed E-state index contributed by atoms with van der Waals surface area (Å²) in [6, 6.07) is 10.3. The number of rotatable bonds is 0. The third-order valence-corrected chi connectivity index (χ3v) is 0.940. The molecule has 0 saturated carbocycles. The van der Waals surface area contributed by atoms with Gasteiger partial charge in [0, 0.05) is 0 Å². The molecule has 1 nitrogen and oxygen atoms in total. The second-order valence-electron chi connectivity index (χ2n) is 1.65. The van der Waals surface area contributed by atoms with E-state index in [1.165, 1.54) is 5.56 Å². The minimum atomic E-state index is 1.32. The average molecular weight is 163 g/mol. The molecule has 0 aliphatic carbocycles. The fourth-order valence-electron chi connectivity index (χ4n) is 0.534. The fraction of sp³-hybridized carbons (Fsp3) is 0.143. The molecule has 0 heterocycles. The Hall–Kier alpha value is -0.461. The van der Waals surface area contributed by atoms with Gasteiger partial charge >= 0.3 is 19.8 Å². The van der Waals surface area contributed by atoms with Gasteiger partial charge in [-0.1, -0.05) is 35.9 Å². The Bertz CT molecular complexity index is 150. The molecule has 0 aliphatic rings. The number of benzene rings is 1. The Morgan fingerprint density at radius 1 is 1.11 bits per heavy atom. The zero-order valence-corrected chi connectivity index (χ0v) is 6.35. The SMILES string of the molecule is Cc1ccccc1.[O]=[Mn]. The second kappa shape index (κ2) is 5.67. The van der Waals surface area contributed by atoms with Crippen LogP contribution in [0, 0.1) is 6.92 Å². The van der Waals surface area contributed by atoms with Gasteiger partial charge in [0.25, 0.3) is 0 Å². The second-order valence-corrected chi connectivity index (χ2v) is 1.65. The van der Waals surface area contributed by atoms with E-state index in [0.29, 0.717) is 0 Å². The van der Waals surface area contributed by atoms with Crippen LogP contribution in [0.2, 0.25) is 0 Å². The summed E-state index contributed by atoms with van der Waals surface area (Å²) in [4.78, 5) is 0. The molecule has 0 bridgehead atoms. The number of hydrogen-bond acceptors (Lipinski definition) is 1. The summed E-state index contributed by atoms with van der Waals surface area (Å²) in [5.74, 6) is 0. The van der Waals surface area contributed by atoms with E-state index in [0.717, 1.165) is 0 Å². The van der Waals surface area contributed by atoms with Gasteiger partial charge in [-0.25, -0.2) is 0 Å². The van der Waals surface area contributed by atoms with E-state index in [9.17, 15) is 0 Å². The molecule has 0 radical (unpaired) electrons. The molecule has 1 aromatic carbocycles. The maximum absolute atomic E-state index is 8.06. The van der Waals surface area contributed by atoms with Crippen molar-refractivity contribution < 1.29 is 19.8 Å². The first kappa shape index (κ1) is 8.54. The molecule has 0 spiro atoms. The average Bonchev–Trinajstić information content (AvgIpc) is 1.94. The van der Waals surface area contributed by atoms with Crippen molar-refractivity contribution in [2.24, 2.45) is 0 Å². The van der Waals surface area contributed by atoms with Gasteiger partial charge in [0.2, 0.25) is 0 Å². The van der Waals surface area contributed by atoms with E-state index in [4.69, 9.17) is 3.83 Å². The minimum absolute atomic E-state index is 1.32. The normalized spacial score (nSPS) is 7.22. The Morgan fingerprint density at radius 3 is 1.78 bits per heavy atom. The Labute approximate surface area is 63.1 Å². The van der Waals surface area contributed by atoms with Gasteiger partial charge in [0.05, 0.1) is 0 Å². The molecule has 0 amide bonds. The third kappa shape index (κ3) is 4.07. The van der Waals surface area contributed by atoms with Crippen LogP contribution >= 0.6 is 0 Å². The van der Waals surface area contributed by atoms with Crippen LogP contribution in [0.3, 0.4) is 0 Å². The van der Waals surface area contributed by atoms with Gasteiger partial charge in [0.1, 0.15) is 0 Å². The molecule has 1 aromatic rings. The van der Waals surface area contributed by atoms with Crippen molar-refractivity contribution in [3.8, 4) is 0 Å². The number of aryl methyl sites for hydroxylation is 1. The first-order valence-corrected chi connectivity index (χ1v) is 3.05. The molecule has 49 valence electrons. The molecule has 1 rings (SSSR count). The quantitative estimate of drug-likeness (QED) is 0.533. The van der Waals surface area contributed by atoms with Crippen LogP contribution in [0.15, 0.2) is 30.3 Å². The van der Waals surface area contributed by atoms with Crippen molar-refractivity contribution in [3.05, 3.63) is 35.9 Å². The first-order chi connectivity index (χ1) is 4.39. The van der Waals surface area contributed by atoms with E-state index in [2.05, 4.69) is 19.1 Å². The molecule has 0 saturated heterocycles. The molecular formula is C7H8MnO. The summed E-state index contributed by atoms with van der Waals surface area (Å²) in [6.45, 7) is 2.08. The van der Waals surface area contributed by atoms with Crippen molar-refractivity contribution in [1.29, 1.82) is 0 Å². The third-order valence-electron chi connectivity index (χ3n) is 0.940. The van der Waals surface area contributed by atoms with Crippen LogP contribution in [-0.2, 0) is 19.8 Å². The molecule has 0 N–H and O–H groups in total. The summed E-state index contributed by atoms with van der Waals surface area (Å²) in [7, 11) is 0. The van der Waals surface area contributed by atoms with Crippen molar-refractivity contribution in [2.45, 2.75) is 6.92 Å². The van der Waals surface area contributed by atoms with Crippen LogP contribution in [0.1, 0.15) is 5.56 Å². The molecule has 9 heavy (non-hydrogen) atoms. The molecule has 0 unspecified atom stereocenters. The number of hydrogen-bond donors (Lipinski definition) is 0. The topological polar surface area (TPSA) is 17.1 Å². The summed E-state index contributed by atoms with van der Waals surface area (Å²) >= 11 is 1.69. The Balaban J connectivity index is 0.000000291. The zero-order chi connectivity index (χ0) is 7.11. The van der Waals surface area contributed by atoms with Gasteiger partial charge in [-0.2, -0.15) is 0 Å². The summed E-state index contributed by atoms with van der Waals surface area (Å²) in [6.07, 6.45) is 0. The van der Waals surface area contributed by atoms with E-state index in [1.807, 2.05) is 18.2 Å². The van der Waals surface area contributed by atoms with Crippen molar-refractivity contribution in [3.63, 3.8) is 0 Å². The summed E-state index contributed by atoms with van der Waals surface area (Å²) in [5, 5.41) is 0. The van der Waals surface area contributed by atoms with E-state index >= 15 is 0 Å². The van der Waals surface area contributed by atoms with Gasteiger partial charge in [0.15, 0.2) is 0 Å². The predicted molar refractivity (Wildman–Crippen MR) is 31.9 cm³/mol. The van der Waals surface area contributed by atoms with Crippen LogP contribution in [0.5, 0.6) is 0 Å². The fourth-order valence-corrected chi connectivity index (χ4v) is 0.534. The molecule has 2 heteroatoms. The van der Waals surface area contributed by atoms with Gasteiger partial charge < -0.3 is 0 Å². The van der Waals surface area contributed by atoms with Crippen molar-refractivity contribution in [2.75, 3.05) is 0 Å². The van der Waals surface area contributed by atoms with Gasteiger partial charge in [-0.05, 0) is 6.92 Å². The van der Waals surface area contributed by atoms with Crippen molar-refractivity contribution >= 4 is 0 Å². The molecular weight excluding hydrogens is 155 g/mol. The monoisotopic (exact) mass is 163 g/mol. The molecule has 0 fully saturated rings.